The van der Waals surface area contributed by atoms with Gasteiger partial charge in [-0.1, -0.05) is 106 Å². The Balaban J connectivity index is 0. The molecule has 7 nitrogen and oxygen atoms in total. The molecule has 0 radical (unpaired) electrons. The molecule has 0 aliphatic rings. The number of unbranched alkanes of at least 4 members (excludes halogenated alkanes) is 2. The Morgan fingerprint density at radius 1 is 0.717 bits per heavy atom. The molecule has 302 valence electrons. The number of hydrogen-bond acceptors (Lipinski definition) is 7. The summed E-state index contributed by atoms with van der Waals surface area (Å²) in [5.41, 5.74) is 4.19. The molecule has 0 saturated carbocycles. The van der Waals surface area contributed by atoms with Crippen molar-refractivity contribution < 1.29 is 23.7 Å². The molecule has 0 aliphatic heterocycles. The molecule has 0 spiro atoms. The maximum atomic E-state index is 11.9. The predicted octanol–water partition coefficient (Wildman–Crippen LogP) is 14.2. The van der Waals surface area contributed by atoms with Crippen LogP contribution in [0.3, 0.4) is 0 Å². The molecule has 0 amide bonds. The maximum Gasteiger partial charge on any atom is 0.163 e. The summed E-state index contributed by atoms with van der Waals surface area (Å²) in [4.78, 5) is 21.5. The number of ether oxygens (including phenoxy) is 4. The minimum atomic E-state index is 0.363. The number of methoxy groups -OCH3 is 2. The zero-order chi connectivity index (χ0) is 40.6. The summed E-state index contributed by atoms with van der Waals surface area (Å²) >= 11 is 0. The zero-order valence-electron chi connectivity index (χ0n) is 36.4. The average Bonchev–Trinajstić information content (AvgIpc) is 3.17. The quantitative estimate of drug-likeness (QED) is 0.0491. The van der Waals surface area contributed by atoms with Crippen LogP contribution in [0.2, 0.25) is 0 Å². The smallest absolute Gasteiger partial charge is 0.163 e. The van der Waals surface area contributed by atoms with Gasteiger partial charge in [-0.05, 0) is 75.5 Å². The average molecular weight is 739 g/mol. The first kappa shape index (κ1) is 51.5. The van der Waals surface area contributed by atoms with E-state index in [1.165, 1.54) is 24.8 Å². The van der Waals surface area contributed by atoms with Crippen LogP contribution in [0.15, 0.2) is 46.4 Å². The lowest BCUT2D eigenvalue weighted by molar-refractivity contribution is 0.112. The number of hydrogen-bond donors (Lipinski definition) is 0. The Hall–Kier alpha value is -3.61. The summed E-state index contributed by atoms with van der Waals surface area (Å²) in [5, 5.41) is 0. The first-order valence-electron chi connectivity index (χ1n) is 20.4. The van der Waals surface area contributed by atoms with Crippen molar-refractivity contribution in [3.63, 3.8) is 0 Å². The molecule has 2 aromatic rings. The normalized spacial score (nSPS) is 12.3. The topological polar surface area (TPSA) is 78.7 Å². The molecule has 53 heavy (non-hydrogen) atoms. The van der Waals surface area contributed by atoms with Gasteiger partial charge >= 0.3 is 0 Å². The third-order valence-electron chi connectivity index (χ3n) is 8.41. The molecule has 3 atom stereocenters. The van der Waals surface area contributed by atoms with Gasteiger partial charge in [0.15, 0.2) is 29.3 Å². The van der Waals surface area contributed by atoms with Crippen LogP contribution in [0, 0.1) is 24.7 Å². The number of carbonyl (C=O) groups is 1. The van der Waals surface area contributed by atoms with Crippen molar-refractivity contribution >= 4 is 30.1 Å². The van der Waals surface area contributed by atoms with Gasteiger partial charge < -0.3 is 18.9 Å². The van der Waals surface area contributed by atoms with E-state index < -0.39 is 0 Å². The number of aldehydes is 1. The van der Waals surface area contributed by atoms with E-state index in [-0.39, 0.29) is 0 Å². The number of benzene rings is 2. The Kier molecular flexibility index (Phi) is 32.1. The maximum absolute atomic E-state index is 11.9. The van der Waals surface area contributed by atoms with E-state index in [1.807, 2.05) is 66.8 Å². The van der Waals surface area contributed by atoms with Crippen LogP contribution in [0.1, 0.15) is 156 Å². The van der Waals surface area contributed by atoms with Crippen molar-refractivity contribution in [2.45, 2.75) is 147 Å². The van der Waals surface area contributed by atoms with Gasteiger partial charge in [-0.15, -0.1) is 6.58 Å². The molecular weight excluding hydrogens is 661 g/mol. The van der Waals surface area contributed by atoms with Crippen LogP contribution >= 0.6 is 0 Å². The van der Waals surface area contributed by atoms with E-state index >= 15 is 0 Å². The SMILES string of the molecule is C=C(C)C.CC.CC.CCCCC(C=Nc1cc(OCCCOc2cc(N=CC(CCCC)C(C)CC)c(C=O)cc2OC)c(OC)cc1C)CCC. The molecule has 3 unspecified atom stereocenters. The number of allylic oxidation sites excluding steroid dienone is 1. The van der Waals surface area contributed by atoms with Gasteiger partial charge in [-0.3, -0.25) is 14.8 Å². The number of aliphatic imine (C=N–C) groups is 2. The molecule has 0 aliphatic carbocycles. The largest absolute Gasteiger partial charge is 0.493 e. The Morgan fingerprint density at radius 3 is 1.72 bits per heavy atom. The van der Waals surface area contributed by atoms with Crippen molar-refractivity contribution in [2.75, 3.05) is 27.4 Å². The van der Waals surface area contributed by atoms with Crippen LogP contribution in [0.25, 0.3) is 0 Å². The minimum absolute atomic E-state index is 0.363. The number of carbonyl (C=O) groups excluding carboxylic acids is 1. The fourth-order valence-electron chi connectivity index (χ4n) is 5.27. The second-order valence-corrected chi connectivity index (χ2v) is 13.2. The van der Waals surface area contributed by atoms with Crippen LogP contribution < -0.4 is 18.9 Å². The highest BCUT2D eigenvalue weighted by Crippen LogP contribution is 2.36. The standard InChI is InChI=1S/C38H58N2O5.C4H8.2C2H6/c1-9-13-17-30(16-11-3)25-39-33-23-37(35(42-7)21-29(33)6)44-19-15-20-45-38-24-34(32(27-41)22-36(38)43-8)40-26-31(18-14-10-2)28(5)12-4;1-4(2)3;2*1-2/h21-28,30-31H,9-20H2,1-8H3;1H2,2-3H3;2*1-2H3. The summed E-state index contributed by atoms with van der Waals surface area (Å²) in [7, 11) is 3.23. The molecule has 0 saturated heterocycles. The van der Waals surface area contributed by atoms with E-state index in [2.05, 4.69) is 47.4 Å². The summed E-state index contributed by atoms with van der Waals surface area (Å²) in [6.45, 7) is 29.5. The number of nitrogens with zero attached hydrogens (tertiary/aromatic N) is 2. The van der Waals surface area contributed by atoms with Crippen molar-refractivity contribution in [1.29, 1.82) is 0 Å². The van der Waals surface area contributed by atoms with Gasteiger partial charge in [0.1, 0.15) is 0 Å². The Morgan fingerprint density at radius 2 is 1.23 bits per heavy atom. The fourth-order valence-corrected chi connectivity index (χ4v) is 5.27. The van der Waals surface area contributed by atoms with Gasteiger partial charge in [0.25, 0.3) is 0 Å². The van der Waals surface area contributed by atoms with Gasteiger partial charge in [0.05, 0.1) is 38.8 Å². The lowest BCUT2D eigenvalue weighted by Crippen LogP contribution is -2.12. The van der Waals surface area contributed by atoms with Gasteiger partial charge in [0.2, 0.25) is 0 Å². The molecule has 0 fully saturated rings. The van der Waals surface area contributed by atoms with Crippen LogP contribution in [-0.2, 0) is 0 Å². The van der Waals surface area contributed by atoms with E-state index in [1.54, 1.807) is 26.4 Å². The molecular formula is C46H78N2O5. The molecule has 2 aromatic carbocycles. The third kappa shape index (κ3) is 21.6. The summed E-state index contributed by atoms with van der Waals surface area (Å²) in [6.07, 6.45) is 15.9. The van der Waals surface area contributed by atoms with E-state index in [4.69, 9.17) is 28.9 Å². The Bertz CT molecular complexity index is 1300. The fraction of sp³-hybridized carbons (Fsp3) is 0.630. The summed E-state index contributed by atoms with van der Waals surface area (Å²) < 4.78 is 23.4. The van der Waals surface area contributed by atoms with Crippen LogP contribution in [-0.4, -0.2) is 46.1 Å². The molecule has 0 bridgehead atoms. The molecule has 0 N–H and O–H groups in total. The zero-order valence-corrected chi connectivity index (χ0v) is 36.4. The minimum Gasteiger partial charge on any atom is -0.493 e. The number of aryl methyl sites for hydroxylation is 1. The van der Waals surface area contributed by atoms with E-state index in [0.29, 0.717) is 71.6 Å². The van der Waals surface area contributed by atoms with Crippen molar-refractivity contribution in [1.82, 2.24) is 0 Å². The van der Waals surface area contributed by atoms with Crippen molar-refractivity contribution in [3.8, 4) is 23.0 Å². The van der Waals surface area contributed by atoms with E-state index in [0.717, 1.165) is 56.1 Å². The highest BCUT2D eigenvalue weighted by molar-refractivity contribution is 5.86. The summed E-state index contributed by atoms with van der Waals surface area (Å²) in [5.74, 6) is 3.78. The highest BCUT2D eigenvalue weighted by Gasteiger charge is 2.16. The lowest BCUT2D eigenvalue weighted by Gasteiger charge is -2.19. The van der Waals surface area contributed by atoms with Gasteiger partial charge in [0, 0.05) is 36.5 Å². The Labute approximate surface area is 326 Å². The lowest BCUT2D eigenvalue weighted by atomic mass is 9.88. The van der Waals surface area contributed by atoms with Crippen LogP contribution in [0.5, 0.6) is 23.0 Å². The molecule has 0 heterocycles. The summed E-state index contributed by atoms with van der Waals surface area (Å²) in [6, 6.07) is 7.44. The highest BCUT2D eigenvalue weighted by atomic mass is 16.5. The monoisotopic (exact) mass is 739 g/mol. The first-order chi connectivity index (χ1) is 25.6. The second-order valence-electron chi connectivity index (χ2n) is 13.2. The molecule has 7 heteroatoms. The predicted molar refractivity (Wildman–Crippen MR) is 232 cm³/mol. The van der Waals surface area contributed by atoms with E-state index in [9.17, 15) is 4.79 Å². The third-order valence-corrected chi connectivity index (χ3v) is 8.41. The van der Waals surface area contributed by atoms with Gasteiger partial charge in [-0.2, -0.15) is 0 Å². The second kappa shape index (κ2) is 33.0. The first-order valence-corrected chi connectivity index (χ1v) is 20.4. The molecule has 2 rings (SSSR count). The van der Waals surface area contributed by atoms with Crippen LogP contribution in [0.4, 0.5) is 11.4 Å². The molecule has 0 aromatic heterocycles. The van der Waals surface area contributed by atoms with Gasteiger partial charge in [-0.25, -0.2) is 0 Å². The number of rotatable bonds is 23. The van der Waals surface area contributed by atoms with Crippen molar-refractivity contribution in [3.05, 3.63) is 47.5 Å². The van der Waals surface area contributed by atoms with Crippen molar-refractivity contribution in [2.24, 2.45) is 27.7 Å².